The Morgan fingerprint density at radius 1 is 1.19 bits per heavy atom. The van der Waals surface area contributed by atoms with Gasteiger partial charge in [-0.25, -0.2) is 5.43 Å². The maximum absolute atomic E-state index is 9.77. The van der Waals surface area contributed by atoms with E-state index in [0.29, 0.717) is 21.7 Å². The minimum atomic E-state index is 0.148. The molecule has 0 saturated heterocycles. The zero-order valence-corrected chi connectivity index (χ0v) is 15.5. The number of hydrogen-bond acceptors (Lipinski definition) is 6. The van der Waals surface area contributed by atoms with Crippen LogP contribution in [0.3, 0.4) is 0 Å². The van der Waals surface area contributed by atoms with Crippen molar-refractivity contribution in [1.29, 1.82) is 0 Å². The van der Waals surface area contributed by atoms with Crippen molar-refractivity contribution in [3.05, 3.63) is 53.1 Å². The molecule has 2 aromatic carbocycles. The lowest BCUT2D eigenvalue weighted by atomic mass is 10.2. The largest absolute Gasteiger partial charge is 0.507 e. The summed E-state index contributed by atoms with van der Waals surface area (Å²) in [5, 5.41) is 23.8. The number of anilines is 1. The Morgan fingerprint density at radius 3 is 2.78 bits per heavy atom. The van der Waals surface area contributed by atoms with Gasteiger partial charge in [0.2, 0.25) is 0 Å². The van der Waals surface area contributed by atoms with Crippen LogP contribution in [0.4, 0.5) is 5.95 Å². The number of hydrazone groups is 1. The highest BCUT2D eigenvalue weighted by Crippen LogP contribution is 2.31. The van der Waals surface area contributed by atoms with Crippen LogP contribution < -0.4 is 5.43 Å². The average molecular weight is 381 g/mol. The molecule has 0 unspecified atom stereocenters. The molecule has 0 atom stereocenters. The monoisotopic (exact) mass is 380 g/mol. The summed E-state index contributed by atoms with van der Waals surface area (Å²) < 4.78 is 2.09. The molecule has 2 heterocycles. The lowest BCUT2D eigenvalue weighted by Crippen LogP contribution is -2.04. The van der Waals surface area contributed by atoms with Crippen molar-refractivity contribution < 1.29 is 5.11 Å². The summed E-state index contributed by atoms with van der Waals surface area (Å²) in [7, 11) is 0. The Hall–Kier alpha value is -3.19. The number of nitrogens with one attached hydrogen (secondary N) is 1. The molecule has 0 fully saturated rings. The van der Waals surface area contributed by atoms with Gasteiger partial charge in [-0.3, -0.25) is 0 Å². The first-order chi connectivity index (χ1) is 13.0. The first kappa shape index (κ1) is 17.2. The molecular weight excluding hydrogens is 364 g/mol. The normalized spacial score (nSPS) is 11.9. The molecule has 0 aliphatic carbocycles. The number of fused-ring (bicyclic) bond motifs is 3. The number of aromatic nitrogens is 4. The van der Waals surface area contributed by atoms with Gasteiger partial charge in [0.1, 0.15) is 11.3 Å². The topological polar surface area (TPSA) is 88.2 Å². The third kappa shape index (κ3) is 3.17. The summed E-state index contributed by atoms with van der Waals surface area (Å²) in [6.07, 6.45) is 1.50. The molecule has 0 saturated carbocycles. The molecule has 136 valence electrons. The molecule has 0 bridgehead atoms. The SMILES string of the molecule is CC(C)n1c2ccc(Cl)cc2c2nnc(N/N=C/c3ccccc3O)nc21. The van der Waals surface area contributed by atoms with Crippen molar-refractivity contribution in [2.45, 2.75) is 19.9 Å². The molecule has 27 heavy (non-hydrogen) atoms. The zero-order valence-electron chi connectivity index (χ0n) is 14.8. The summed E-state index contributed by atoms with van der Waals surface area (Å²) in [5.74, 6) is 0.416. The van der Waals surface area contributed by atoms with Crippen LogP contribution in [-0.2, 0) is 0 Å². The van der Waals surface area contributed by atoms with E-state index in [1.807, 2.05) is 24.3 Å². The van der Waals surface area contributed by atoms with Crippen LogP contribution in [-0.4, -0.2) is 31.1 Å². The molecule has 4 aromatic rings. The maximum Gasteiger partial charge on any atom is 0.265 e. The van der Waals surface area contributed by atoms with E-state index in [2.05, 4.69) is 44.1 Å². The minimum absolute atomic E-state index is 0.148. The first-order valence-electron chi connectivity index (χ1n) is 8.45. The highest BCUT2D eigenvalue weighted by Gasteiger charge is 2.17. The second-order valence-corrected chi connectivity index (χ2v) is 6.80. The van der Waals surface area contributed by atoms with Gasteiger partial charge in [0.25, 0.3) is 5.95 Å². The highest BCUT2D eigenvalue weighted by molar-refractivity contribution is 6.31. The van der Waals surface area contributed by atoms with Crippen LogP contribution in [0.2, 0.25) is 5.02 Å². The molecular formula is C19H17ClN6O. The van der Waals surface area contributed by atoms with E-state index in [4.69, 9.17) is 11.6 Å². The lowest BCUT2D eigenvalue weighted by Gasteiger charge is -2.10. The molecule has 4 rings (SSSR count). The Balaban J connectivity index is 1.74. The molecule has 0 aliphatic heterocycles. The molecule has 0 radical (unpaired) electrons. The van der Waals surface area contributed by atoms with Gasteiger partial charge in [0, 0.05) is 22.0 Å². The van der Waals surface area contributed by atoms with Crippen molar-refractivity contribution in [1.82, 2.24) is 19.7 Å². The van der Waals surface area contributed by atoms with E-state index in [1.165, 1.54) is 6.21 Å². The highest BCUT2D eigenvalue weighted by atomic mass is 35.5. The number of aromatic hydroxyl groups is 1. The molecule has 0 spiro atoms. The predicted molar refractivity (Wildman–Crippen MR) is 108 cm³/mol. The van der Waals surface area contributed by atoms with E-state index in [1.54, 1.807) is 18.2 Å². The van der Waals surface area contributed by atoms with Crippen molar-refractivity contribution in [3.8, 4) is 5.75 Å². The van der Waals surface area contributed by atoms with Gasteiger partial charge >= 0.3 is 0 Å². The number of halogens is 1. The fourth-order valence-electron chi connectivity index (χ4n) is 3.01. The van der Waals surface area contributed by atoms with Crippen LogP contribution >= 0.6 is 11.6 Å². The standard InChI is InChI=1S/C19H17ClN6O/c1-11(2)26-15-8-7-13(20)9-14(15)17-18(26)22-19(25-23-17)24-21-10-12-5-3-4-6-16(12)27/h3-11,27H,1-2H3,(H,22,24,25)/b21-10+. The fraction of sp³-hybridized carbons (Fsp3) is 0.158. The summed E-state index contributed by atoms with van der Waals surface area (Å²) >= 11 is 6.15. The van der Waals surface area contributed by atoms with Crippen molar-refractivity contribution in [2.75, 3.05) is 5.43 Å². The number of rotatable bonds is 4. The van der Waals surface area contributed by atoms with Crippen LogP contribution in [0.25, 0.3) is 22.1 Å². The van der Waals surface area contributed by atoms with E-state index < -0.39 is 0 Å². The van der Waals surface area contributed by atoms with Gasteiger partial charge in [0.15, 0.2) is 5.65 Å². The van der Waals surface area contributed by atoms with Crippen LogP contribution in [0.1, 0.15) is 25.5 Å². The first-order valence-corrected chi connectivity index (χ1v) is 8.83. The number of nitrogens with zero attached hydrogens (tertiary/aromatic N) is 5. The smallest absolute Gasteiger partial charge is 0.265 e. The van der Waals surface area contributed by atoms with E-state index in [9.17, 15) is 5.11 Å². The maximum atomic E-state index is 9.77. The fourth-order valence-corrected chi connectivity index (χ4v) is 3.18. The second kappa shape index (κ2) is 6.85. The number of phenolic OH excluding ortho intramolecular Hbond substituents is 1. The van der Waals surface area contributed by atoms with Gasteiger partial charge in [0.05, 0.1) is 11.7 Å². The second-order valence-electron chi connectivity index (χ2n) is 6.36. The number of benzene rings is 2. The summed E-state index contributed by atoms with van der Waals surface area (Å²) in [6.45, 7) is 4.16. The molecule has 7 nitrogen and oxygen atoms in total. The Kier molecular flexibility index (Phi) is 4.37. The Bertz CT molecular complexity index is 1170. The zero-order chi connectivity index (χ0) is 19.0. The van der Waals surface area contributed by atoms with Crippen molar-refractivity contribution in [2.24, 2.45) is 5.10 Å². The average Bonchev–Trinajstić information content (AvgIpc) is 2.96. The summed E-state index contributed by atoms with van der Waals surface area (Å²) in [6, 6.07) is 12.8. The Morgan fingerprint density at radius 2 is 2.00 bits per heavy atom. The molecule has 2 N–H and O–H groups in total. The van der Waals surface area contributed by atoms with E-state index in [-0.39, 0.29) is 17.7 Å². The van der Waals surface area contributed by atoms with Crippen molar-refractivity contribution in [3.63, 3.8) is 0 Å². The number of phenols is 1. The van der Waals surface area contributed by atoms with Crippen LogP contribution in [0, 0.1) is 0 Å². The van der Waals surface area contributed by atoms with Crippen LogP contribution in [0.5, 0.6) is 5.75 Å². The third-order valence-corrected chi connectivity index (χ3v) is 4.43. The summed E-state index contributed by atoms with van der Waals surface area (Å²) in [5.41, 5.74) is 5.75. The summed E-state index contributed by atoms with van der Waals surface area (Å²) in [4.78, 5) is 4.58. The molecule has 8 heteroatoms. The van der Waals surface area contributed by atoms with Gasteiger partial charge < -0.3 is 9.67 Å². The molecule has 0 aliphatic rings. The van der Waals surface area contributed by atoms with Gasteiger partial charge in [-0.2, -0.15) is 10.1 Å². The van der Waals surface area contributed by atoms with Crippen LogP contribution in [0.15, 0.2) is 47.6 Å². The van der Waals surface area contributed by atoms with Crippen molar-refractivity contribution >= 4 is 45.8 Å². The number of hydrogen-bond donors (Lipinski definition) is 2. The van der Waals surface area contributed by atoms with Gasteiger partial charge in [-0.15, -0.1) is 10.2 Å². The number of para-hydroxylation sites is 1. The van der Waals surface area contributed by atoms with Gasteiger partial charge in [-0.05, 0) is 44.2 Å². The van der Waals surface area contributed by atoms with E-state index in [0.717, 1.165) is 10.9 Å². The molecule has 0 amide bonds. The lowest BCUT2D eigenvalue weighted by molar-refractivity contribution is 0.474. The van der Waals surface area contributed by atoms with Gasteiger partial charge in [-0.1, -0.05) is 23.7 Å². The van der Waals surface area contributed by atoms with E-state index >= 15 is 0 Å². The quantitative estimate of drug-likeness (QED) is 0.405. The minimum Gasteiger partial charge on any atom is -0.507 e. The predicted octanol–water partition coefficient (Wildman–Crippen LogP) is 4.37. The third-order valence-electron chi connectivity index (χ3n) is 4.19. The molecule has 2 aromatic heterocycles. The Labute approximate surface area is 160 Å².